The average Bonchev–Trinajstić information content (AvgIpc) is 2.40. The van der Waals surface area contributed by atoms with Crippen LogP contribution in [0.1, 0.15) is 12.5 Å². The Bertz CT molecular complexity index is 479. The maximum atomic E-state index is 9.94. The van der Waals surface area contributed by atoms with Crippen LogP contribution in [0.5, 0.6) is 11.5 Å². The minimum absolute atomic E-state index is 0.245. The second-order valence-corrected chi connectivity index (χ2v) is 3.91. The Morgan fingerprint density at radius 3 is 2.35 bits per heavy atom. The van der Waals surface area contributed by atoms with Crippen molar-refractivity contribution < 1.29 is 9.84 Å². The third kappa shape index (κ3) is 2.26. The number of methoxy groups -OCH3 is 1. The molecule has 0 aliphatic rings. The molecule has 0 saturated heterocycles. The summed E-state index contributed by atoms with van der Waals surface area (Å²) in [6.45, 7) is 2.02. The van der Waals surface area contributed by atoms with E-state index in [9.17, 15) is 5.11 Å². The number of phenolic OH excluding ortho intramolecular Hbond substituents is 1. The minimum atomic E-state index is 0.245. The largest absolute Gasteiger partial charge is 0.504 e. The van der Waals surface area contributed by atoms with Crippen molar-refractivity contribution in [3.8, 4) is 22.6 Å². The quantitative estimate of drug-likeness (QED) is 0.869. The second kappa shape index (κ2) is 4.91. The maximum Gasteiger partial charge on any atom is 0.161 e. The molecule has 2 aromatic rings. The summed E-state index contributed by atoms with van der Waals surface area (Å²) < 4.78 is 5.20. The van der Waals surface area contributed by atoms with Crippen molar-refractivity contribution in [2.75, 3.05) is 7.11 Å². The van der Waals surface area contributed by atoms with Gasteiger partial charge in [-0.2, -0.15) is 0 Å². The molecule has 0 radical (unpaired) electrons. The van der Waals surface area contributed by atoms with Gasteiger partial charge in [0.05, 0.1) is 7.11 Å². The fourth-order valence-electron chi connectivity index (χ4n) is 1.89. The van der Waals surface area contributed by atoms with Gasteiger partial charge in [-0.15, -0.1) is 0 Å². The van der Waals surface area contributed by atoms with Crippen LogP contribution in [0.25, 0.3) is 11.1 Å². The second-order valence-electron chi connectivity index (χ2n) is 3.91. The van der Waals surface area contributed by atoms with Crippen LogP contribution in [-0.2, 0) is 6.42 Å². The van der Waals surface area contributed by atoms with E-state index < -0.39 is 0 Å². The summed E-state index contributed by atoms with van der Waals surface area (Å²) in [4.78, 5) is 0. The van der Waals surface area contributed by atoms with Crippen molar-refractivity contribution in [2.24, 2.45) is 0 Å². The summed E-state index contributed by atoms with van der Waals surface area (Å²) in [6, 6.07) is 14.0. The Kier molecular flexibility index (Phi) is 3.33. The van der Waals surface area contributed by atoms with E-state index in [1.54, 1.807) is 7.11 Å². The average molecular weight is 228 g/mol. The van der Waals surface area contributed by atoms with Crippen LogP contribution in [0.15, 0.2) is 42.5 Å². The first-order valence-electron chi connectivity index (χ1n) is 5.71. The summed E-state index contributed by atoms with van der Waals surface area (Å²) in [5.41, 5.74) is 3.10. The summed E-state index contributed by atoms with van der Waals surface area (Å²) in [5, 5.41) is 9.94. The Balaban J connectivity index is 2.56. The molecule has 17 heavy (non-hydrogen) atoms. The lowest BCUT2D eigenvalue weighted by molar-refractivity contribution is 0.371. The Hall–Kier alpha value is -1.96. The van der Waals surface area contributed by atoms with Gasteiger partial charge in [0.25, 0.3) is 0 Å². The predicted molar refractivity (Wildman–Crippen MR) is 69.5 cm³/mol. The van der Waals surface area contributed by atoms with E-state index >= 15 is 0 Å². The molecule has 0 aliphatic carbocycles. The predicted octanol–water partition coefficient (Wildman–Crippen LogP) is 3.63. The van der Waals surface area contributed by atoms with Gasteiger partial charge in [0.1, 0.15) is 0 Å². The van der Waals surface area contributed by atoms with Gasteiger partial charge >= 0.3 is 0 Å². The van der Waals surface area contributed by atoms with Crippen molar-refractivity contribution in [3.63, 3.8) is 0 Å². The highest BCUT2D eigenvalue weighted by atomic mass is 16.5. The number of aromatic hydroxyl groups is 1. The number of hydrogen-bond acceptors (Lipinski definition) is 2. The van der Waals surface area contributed by atoms with Gasteiger partial charge in [-0.25, -0.2) is 0 Å². The van der Waals surface area contributed by atoms with Gasteiger partial charge in [0.2, 0.25) is 0 Å². The molecule has 0 unspecified atom stereocenters. The topological polar surface area (TPSA) is 29.5 Å². The number of ether oxygens (including phenoxy) is 1. The van der Waals surface area contributed by atoms with Crippen LogP contribution >= 0.6 is 0 Å². The van der Waals surface area contributed by atoms with Crippen LogP contribution in [0.3, 0.4) is 0 Å². The number of benzene rings is 2. The van der Waals surface area contributed by atoms with Crippen LogP contribution in [0.2, 0.25) is 0 Å². The summed E-state index contributed by atoms with van der Waals surface area (Å²) >= 11 is 0. The molecule has 0 heterocycles. The SMILES string of the molecule is CCc1cc(-c2ccccc2)cc(OC)c1O. The molecule has 0 amide bonds. The molecule has 0 aliphatic heterocycles. The smallest absolute Gasteiger partial charge is 0.161 e. The first-order valence-corrected chi connectivity index (χ1v) is 5.71. The molecular weight excluding hydrogens is 212 g/mol. The van der Waals surface area contributed by atoms with Gasteiger partial charge in [0.15, 0.2) is 11.5 Å². The summed E-state index contributed by atoms with van der Waals surface area (Å²) in [6.07, 6.45) is 0.781. The molecule has 0 atom stereocenters. The molecule has 2 nitrogen and oxygen atoms in total. The first-order chi connectivity index (χ1) is 8.26. The van der Waals surface area contributed by atoms with Gasteiger partial charge in [-0.05, 0) is 35.2 Å². The third-order valence-corrected chi connectivity index (χ3v) is 2.86. The fraction of sp³-hybridized carbons (Fsp3) is 0.200. The summed E-state index contributed by atoms with van der Waals surface area (Å²) in [5.74, 6) is 0.776. The van der Waals surface area contributed by atoms with Crippen molar-refractivity contribution in [3.05, 3.63) is 48.0 Å². The van der Waals surface area contributed by atoms with E-state index in [1.807, 2.05) is 49.4 Å². The van der Waals surface area contributed by atoms with E-state index in [4.69, 9.17) is 4.74 Å². The Morgan fingerprint density at radius 1 is 1.06 bits per heavy atom. The van der Waals surface area contributed by atoms with E-state index in [2.05, 4.69) is 0 Å². The molecule has 2 aromatic carbocycles. The van der Waals surface area contributed by atoms with Gasteiger partial charge in [0, 0.05) is 0 Å². The van der Waals surface area contributed by atoms with Gasteiger partial charge in [-0.1, -0.05) is 37.3 Å². The molecular formula is C15H16O2. The van der Waals surface area contributed by atoms with Crippen LogP contribution < -0.4 is 4.74 Å². The molecule has 0 aromatic heterocycles. The molecule has 1 N–H and O–H groups in total. The monoisotopic (exact) mass is 228 g/mol. The minimum Gasteiger partial charge on any atom is -0.504 e. The molecule has 2 heteroatoms. The van der Waals surface area contributed by atoms with E-state index in [0.717, 1.165) is 23.1 Å². The maximum absolute atomic E-state index is 9.94. The van der Waals surface area contributed by atoms with E-state index in [-0.39, 0.29) is 5.75 Å². The van der Waals surface area contributed by atoms with Gasteiger partial charge in [-0.3, -0.25) is 0 Å². The lowest BCUT2D eigenvalue weighted by atomic mass is 10.0. The van der Waals surface area contributed by atoms with Crippen molar-refractivity contribution in [1.29, 1.82) is 0 Å². The number of hydrogen-bond donors (Lipinski definition) is 1. The highest BCUT2D eigenvalue weighted by molar-refractivity contribution is 5.68. The van der Waals surface area contributed by atoms with Gasteiger partial charge < -0.3 is 9.84 Å². The van der Waals surface area contributed by atoms with Crippen molar-refractivity contribution >= 4 is 0 Å². The highest BCUT2D eigenvalue weighted by Crippen LogP contribution is 2.35. The van der Waals surface area contributed by atoms with Crippen LogP contribution in [0.4, 0.5) is 0 Å². The third-order valence-electron chi connectivity index (χ3n) is 2.86. The number of rotatable bonds is 3. The Morgan fingerprint density at radius 2 is 1.76 bits per heavy atom. The van der Waals surface area contributed by atoms with Crippen LogP contribution in [0, 0.1) is 0 Å². The van der Waals surface area contributed by atoms with E-state index in [0.29, 0.717) is 5.75 Å². The summed E-state index contributed by atoms with van der Waals surface area (Å²) in [7, 11) is 1.57. The lowest BCUT2D eigenvalue weighted by Gasteiger charge is -2.11. The zero-order valence-corrected chi connectivity index (χ0v) is 10.1. The normalized spacial score (nSPS) is 10.2. The molecule has 0 saturated carbocycles. The Labute approximate surface area is 101 Å². The van der Waals surface area contributed by atoms with Crippen LogP contribution in [-0.4, -0.2) is 12.2 Å². The molecule has 0 fully saturated rings. The first kappa shape index (κ1) is 11.5. The van der Waals surface area contributed by atoms with Crippen molar-refractivity contribution in [2.45, 2.75) is 13.3 Å². The zero-order chi connectivity index (χ0) is 12.3. The standard InChI is InChI=1S/C15H16O2/c1-3-11-9-13(10-14(17-2)15(11)16)12-7-5-4-6-8-12/h4-10,16H,3H2,1-2H3. The fourth-order valence-corrected chi connectivity index (χ4v) is 1.89. The molecule has 0 bridgehead atoms. The zero-order valence-electron chi connectivity index (χ0n) is 10.1. The number of aryl methyl sites for hydroxylation is 1. The van der Waals surface area contributed by atoms with Crippen molar-refractivity contribution in [1.82, 2.24) is 0 Å². The molecule has 88 valence electrons. The lowest BCUT2D eigenvalue weighted by Crippen LogP contribution is -1.90. The molecule has 0 spiro atoms. The molecule has 2 rings (SSSR count). The number of phenols is 1. The van der Waals surface area contributed by atoms with E-state index in [1.165, 1.54) is 0 Å². The highest BCUT2D eigenvalue weighted by Gasteiger charge is 2.10.